The number of carbonyl (C=O) groups excluding carboxylic acids is 2. The monoisotopic (exact) mass is 1300 g/mol. The molecule has 13 nitrogen and oxygen atoms in total. The van der Waals surface area contributed by atoms with Crippen LogP contribution in [0.1, 0.15) is 94.4 Å². The summed E-state index contributed by atoms with van der Waals surface area (Å²) in [6.45, 7) is 6.96. The van der Waals surface area contributed by atoms with Gasteiger partial charge in [-0.2, -0.15) is 0 Å². The van der Waals surface area contributed by atoms with E-state index in [1.54, 1.807) is 9.13 Å². The maximum atomic E-state index is 16.5. The second kappa shape index (κ2) is 24.4. The standard InChI is InChI=1S/C66H48Cl2F10N6O7/c1-65(2)29-87-27-55(65)83-53-17-35(15-49(77)59(53)81-57(83)19-33-13-47(75)39(23-45(33)73)51-11-9-41(69)61(79-51)89-25-31-5-7-37(67)21-43(31)71)63(85)91-64(86)36-16-50(78)60-54(18-36)84(56-28-88-30-66(56,3)4)58(82-60)20-34-14-48(76)40(24-46(34)74)52-12-10-42(70)62(80-52)90-26-32-6-8-38(68)22-44(32)72/h5-18,21-24,55-56H,19-20,25-30H2,1-4H3. The molecule has 2 fully saturated rings. The first kappa shape index (κ1) is 62.3. The molecular weight excluding hydrogens is 1250 g/mol. The van der Waals surface area contributed by atoms with Gasteiger partial charge in [-0.05, 0) is 108 Å². The van der Waals surface area contributed by atoms with E-state index in [0.29, 0.717) is 0 Å². The number of hydrogen-bond donors (Lipinski definition) is 0. The highest BCUT2D eigenvalue weighted by Gasteiger charge is 2.41. The highest BCUT2D eigenvalue weighted by Crippen LogP contribution is 2.44. The van der Waals surface area contributed by atoms with Gasteiger partial charge in [0.15, 0.2) is 23.3 Å². The van der Waals surface area contributed by atoms with E-state index in [1.807, 2.05) is 27.7 Å². The zero-order chi connectivity index (χ0) is 64.5. The van der Waals surface area contributed by atoms with E-state index in [4.69, 9.17) is 46.9 Å². The lowest BCUT2D eigenvalue weighted by Crippen LogP contribution is -2.27. The van der Waals surface area contributed by atoms with Gasteiger partial charge in [-0.25, -0.2) is 73.4 Å². The van der Waals surface area contributed by atoms with E-state index >= 15 is 26.3 Å². The summed E-state index contributed by atoms with van der Waals surface area (Å²) in [5.41, 5.74) is -4.63. The summed E-state index contributed by atoms with van der Waals surface area (Å²) in [5, 5.41) is 0.245. The van der Waals surface area contributed by atoms with E-state index in [9.17, 15) is 27.2 Å². The summed E-state index contributed by atoms with van der Waals surface area (Å²) in [6, 6.07) is 17.7. The minimum Gasteiger partial charge on any atom is -0.471 e. The summed E-state index contributed by atoms with van der Waals surface area (Å²) in [7, 11) is 0. The number of aromatic nitrogens is 6. The summed E-state index contributed by atoms with van der Waals surface area (Å²) in [4.78, 5) is 45.2. The van der Waals surface area contributed by atoms with Crippen molar-refractivity contribution >= 4 is 57.2 Å². The van der Waals surface area contributed by atoms with Gasteiger partial charge in [0.1, 0.15) is 70.8 Å². The Morgan fingerprint density at radius 1 is 0.473 bits per heavy atom. The number of halogens is 12. The minimum absolute atomic E-state index is 0.0101. The Morgan fingerprint density at radius 3 is 1.24 bits per heavy atom. The molecule has 0 aliphatic carbocycles. The zero-order valence-corrected chi connectivity index (χ0v) is 49.8. The topological polar surface area (TPSA) is 142 Å². The Morgan fingerprint density at radius 2 is 0.868 bits per heavy atom. The molecule has 0 spiro atoms. The largest absolute Gasteiger partial charge is 0.471 e. The molecule has 0 amide bonds. The number of fused-ring (bicyclic) bond motifs is 2. The molecule has 0 saturated carbocycles. The predicted molar refractivity (Wildman–Crippen MR) is 313 cm³/mol. The zero-order valence-electron chi connectivity index (χ0n) is 48.3. The first-order chi connectivity index (χ1) is 43.3. The summed E-state index contributed by atoms with van der Waals surface area (Å²) >= 11 is 11.7. The van der Waals surface area contributed by atoms with Crippen LogP contribution in [0.25, 0.3) is 44.6 Å². The van der Waals surface area contributed by atoms with Crippen LogP contribution < -0.4 is 9.47 Å². The van der Waals surface area contributed by atoms with Crippen molar-refractivity contribution in [3.63, 3.8) is 0 Å². The number of rotatable bonds is 16. The molecule has 2 aliphatic rings. The van der Waals surface area contributed by atoms with E-state index in [2.05, 4.69) is 19.9 Å². The van der Waals surface area contributed by atoms with Crippen molar-refractivity contribution in [3.8, 4) is 34.3 Å². The van der Waals surface area contributed by atoms with Crippen molar-refractivity contribution in [2.24, 2.45) is 10.8 Å². The molecule has 2 saturated heterocycles. The van der Waals surface area contributed by atoms with Gasteiger partial charge in [-0.3, -0.25) is 0 Å². The smallest absolute Gasteiger partial charge is 0.346 e. The van der Waals surface area contributed by atoms with E-state index in [1.165, 1.54) is 36.4 Å². The molecule has 12 rings (SSSR count). The molecule has 10 aromatic rings. The summed E-state index contributed by atoms with van der Waals surface area (Å²) in [6.07, 6.45) is -0.890. The number of carbonyl (C=O) groups is 2. The Labute approximate surface area is 521 Å². The molecule has 468 valence electrons. The molecule has 2 aliphatic heterocycles. The lowest BCUT2D eigenvalue weighted by Gasteiger charge is -2.28. The van der Waals surface area contributed by atoms with Gasteiger partial charge >= 0.3 is 11.9 Å². The molecule has 2 atom stereocenters. The fourth-order valence-corrected chi connectivity index (χ4v) is 11.6. The molecule has 6 heterocycles. The minimum atomic E-state index is -1.38. The van der Waals surface area contributed by atoms with E-state index in [0.717, 1.165) is 72.8 Å². The number of nitrogens with zero attached hydrogens (tertiary/aromatic N) is 6. The molecule has 91 heavy (non-hydrogen) atoms. The first-order valence-electron chi connectivity index (χ1n) is 28.1. The highest BCUT2D eigenvalue weighted by atomic mass is 35.5. The number of ether oxygens (including phenoxy) is 5. The third-order valence-corrected chi connectivity index (χ3v) is 16.6. The van der Waals surface area contributed by atoms with Crippen LogP contribution in [0.3, 0.4) is 0 Å². The van der Waals surface area contributed by atoms with E-state index in [-0.39, 0.29) is 115 Å². The maximum Gasteiger partial charge on any atom is 0.346 e. The van der Waals surface area contributed by atoms with E-state index < -0.39 is 142 Å². The quantitative estimate of drug-likeness (QED) is 0.0518. The van der Waals surface area contributed by atoms with Crippen LogP contribution in [0.15, 0.2) is 109 Å². The molecule has 4 aromatic heterocycles. The molecule has 0 bridgehead atoms. The van der Waals surface area contributed by atoms with Crippen molar-refractivity contribution in [1.29, 1.82) is 0 Å². The SMILES string of the molecule is CC1(C)COCC1n1c(Cc2cc(F)c(-c3ccc(F)c(OCc4ccc(Cl)cc4F)n3)cc2F)nc2c(F)cc(C(=O)OC(=O)c3cc(F)c4nc(Cc5cc(F)c(-c6ccc(F)c(OCc7ccc(Cl)cc7F)n6)cc5F)n(C5COCC5(C)C)c4c3)cc21. The molecule has 2 unspecified atom stereocenters. The fraction of sp³-hybridized carbons (Fsp3) is 0.242. The average Bonchev–Trinajstić information content (AvgIpc) is 1.65. The van der Waals surface area contributed by atoms with Gasteiger partial charge in [0.25, 0.3) is 11.8 Å². The van der Waals surface area contributed by atoms with Crippen LogP contribution in [0.2, 0.25) is 10.0 Å². The number of benzene rings is 6. The lowest BCUT2D eigenvalue weighted by molar-refractivity contribution is 0.0397. The Hall–Kier alpha value is -8.90. The molecule has 6 aromatic carbocycles. The first-order valence-corrected chi connectivity index (χ1v) is 28.8. The third-order valence-electron chi connectivity index (χ3n) is 16.1. The fourth-order valence-electron chi connectivity index (χ4n) is 11.2. The van der Waals surface area contributed by atoms with Gasteiger partial charge in [0.05, 0.1) is 72.1 Å². The van der Waals surface area contributed by atoms with Crippen LogP contribution in [0.4, 0.5) is 43.9 Å². The second-order valence-corrected chi connectivity index (χ2v) is 24.3. The van der Waals surface area contributed by atoms with Crippen LogP contribution in [0, 0.1) is 69.0 Å². The normalized spacial score (nSPS) is 16.1. The second-order valence-electron chi connectivity index (χ2n) is 23.4. The maximum absolute atomic E-state index is 16.5. The van der Waals surface area contributed by atoms with Crippen molar-refractivity contribution in [1.82, 2.24) is 29.1 Å². The highest BCUT2D eigenvalue weighted by molar-refractivity contribution is 6.30. The van der Waals surface area contributed by atoms with Crippen LogP contribution in [-0.4, -0.2) is 67.4 Å². The van der Waals surface area contributed by atoms with Gasteiger partial charge in [0.2, 0.25) is 0 Å². The Bertz CT molecular complexity index is 4330. The van der Waals surface area contributed by atoms with Crippen molar-refractivity contribution in [3.05, 3.63) is 222 Å². The molecule has 0 N–H and O–H groups in total. The van der Waals surface area contributed by atoms with Gasteiger partial charge < -0.3 is 32.8 Å². The van der Waals surface area contributed by atoms with Crippen LogP contribution >= 0.6 is 23.2 Å². The van der Waals surface area contributed by atoms with Gasteiger partial charge in [-0.1, -0.05) is 63.0 Å². The van der Waals surface area contributed by atoms with Crippen molar-refractivity contribution < 1.29 is 77.2 Å². The van der Waals surface area contributed by atoms with Gasteiger partial charge in [0, 0.05) is 56.0 Å². The number of pyridine rings is 2. The predicted octanol–water partition coefficient (Wildman–Crippen LogP) is 15.7. The summed E-state index contributed by atoms with van der Waals surface area (Å²) in [5.74, 6) is -13.4. The number of hydrogen-bond acceptors (Lipinski definition) is 11. The average molecular weight is 1300 g/mol. The van der Waals surface area contributed by atoms with Crippen LogP contribution in [0.5, 0.6) is 11.8 Å². The van der Waals surface area contributed by atoms with Crippen LogP contribution in [-0.2, 0) is 40.3 Å². The van der Waals surface area contributed by atoms with Gasteiger partial charge in [-0.15, -0.1) is 0 Å². The van der Waals surface area contributed by atoms with Crippen molar-refractivity contribution in [2.45, 2.75) is 65.8 Å². The Balaban J connectivity index is 0.818. The third kappa shape index (κ3) is 12.3. The Kier molecular flexibility index (Phi) is 16.7. The molecule has 0 radical (unpaired) electrons. The number of esters is 2. The molecule has 25 heteroatoms. The lowest BCUT2D eigenvalue weighted by atomic mass is 9.87. The molecular formula is C66H48Cl2F10N6O7. The van der Waals surface area contributed by atoms with Crippen molar-refractivity contribution in [2.75, 3.05) is 26.4 Å². The number of imidazole rings is 2. The summed E-state index contributed by atoms with van der Waals surface area (Å²) < 4.78 is 187.